The molecule has 1 amide bonds. The van der Waals surface area contributed by atoms with E-state index in [-0.39, 0.29) is 11.2 Å². The third-order valence-corrected chi connectivity index (χ3v) is 4.75. The van der Waals surface area contributed by atoms with E-state index in [2.05, 4.69) is 28.3 Å². The second kappa shape index (κ2) is 9.19. The first-order chi connectivity index (χ1) is 12.0. The predicted octanol–water partition coefficient (Wildman–Crippen LogP) is 4.12. The number of rotatable bonds is 7. The van der Waals surface area contributed by atoms with Crippen LogP contribution in [0.5, 0.6) is 0 Å². The van der Waals surface area contributed by atoms with Crippen LogP contribution in [0, 0.1) is 18.3 Å². The van der Waals surface area contributed by atoms with Crippen LogP contribution in [0.15, 0.2) is 35.5 Å². The molecule has 6 heteroatoms. The molecular formula is C19H22N4OS. The van der Waals surface area contributed by atoms with Crippen LogP contribution in [0.2, 0.25) is 0 Å². The van der Waals surface area contributed by atoms with Gasteiger partial charge in [-0.15, -0.1) is 0 Å². The van der Waals surface area contributed by atoms with Crippen molar-refractivity contribution in [2.75, 3.05) is 5.32 Å². The molecule has 2 rings (SSSR count). The summed E-state index contributed by atoms with van der Waals surface area (Å²) in [6.45, 7) is 5.87. The van der Waals surface area contributed by atoms with E-state index in [1.807, 2.05) is 19.1 Å². The summed E-state index contributed by atoms with van der Waals surface area (Å²) >= 11 is 1.30. The highest BCUT2D eigenvalue weighted by molar-refractivity contribution is 8.00. The zero-order valence-electron chi connectivity index (χ0n) is 14.7. The average Bonchev–Trinajstić information content (AvgIpc) is 2.62. The smallest absolute Gasteiger partial charge is 0.238 e. The molecule has 25 heavy (non-hydrogen) atoms. The van der Waals surface area contributed by atoms with E-state index in [0.29, 0.717) is 16.4 Å². The minimum atomic E-state index is -0.385. The number of aryl methyl sites for hydroxylation is 2. The molecule has 0 saturated heterocycles. The van der Waals surface area contributed by atoms with Gasteiger partial charge in [0.15, 0.2) is 0 Å². The van der Waals surface area contributed by atoms with Gasteiger partial charge in [0.25, 0.3) is 0 Å². The lowest BCUT2D eigenvalue weighted by molar-refractivity contribution is -0.115. The number of carbonyl (C=O) groups excluding carboxylic acids is 1. The lowest BCUT2D eigenvalue weighted by atomic mass is 10.2. The monoisotopic (exact) mass is 354 g/mol. The topological polar surface area (TPSA) is 78.7 Å². The minimum absolute atomic E-state index is 0.161. The maximum atomic E-state index is 12.4. The summed E-state index contributed by atoms with van der Waals surface area (Å²) < 4.78 is 0. The second-order valence-corrected chi connectivity index (χ2v) is 7.17. The first-order valence-corrected chi connectivity index (χ1v) is 9.21. The molecule has 0 aliphatic carbocycles. The summed E-state index contributed by atoms with van der Waals surface area (Å²) in [4.78, 5) is 21.1. The van der Waals surface area contributed by atoms with Gasteiger partial charge in [-0.2, -0.15) is 5.26 Å². The van der Waals surface area contributed by atoms with Gasteiger partial charge < -0.3 is 5.32 Å². The van der Waals surface area contributed by atoms with E-state index in [4.69, 9.17) is 0 Å². The van der Waals surface area contributed by atoms with Gasteiger partial charge >= 0.3 is 0 Å². The summed E-state index contributed by atoms with van der Waals surface area (Å²) in [6.07, 6.45) is 4.73. The Labute approximate surface area is 152 Å². The maximum absolute atomic E-state index is 12.4. The molecule has 0 aliphatic rings. The number of anilines is 1. The second-order valence-electron chi connectivity index (χ2n) is 5.84. The number of unbranched alkanes of at least 4 members (excludes halogenated alkanes) is 1. The van der Waals surface area contributed by atoms with Crippen molar-refractivity contribution in [3.8, 4) is 6.07 Å². The zero-order chi connectivity index (χ0) is 18.2. The number of aromatic nitrogens is 2. The number of nitrogens with one attached hydrogen (secondary N) is 1. The fourth-order valence-corrected chi connectivity index (χ4v) is 3.05. The van der Waals surface area contributed by atoms with E-state index in [9.17, 15) is 10.1 Å². The molecule has 2 aromatic rings. The Balaban J connectivity index is 2.07. The van der Waals surface area contributed by atoms with Crippen LogP contribution in [0.3, 0.4) is 0 Å². The van der Waals surface area contributed by atoms with Gasteiger partial charge in [0, 0.05) is 11.9 Å². The summed E-state index contributed by atoms with van der Waals surface area (Å²) in [6, 6.07) is 9.49. The number of hydrogen-bond acceptors (Lipinski definition) is 5. The van der Waals surface area contributed by atoms with Crippen LogP contribution in [0.4, 0.5) is 5.82 Å². The Bertz CT molecular complexity index is 768. The predicted molar refractivity (Wildman–Crippen MR) is 100 cm³/mol. The molecule has 2 aromatic heterocycles. The van der Waals surface area contributed by atoms with Crippen molar-refractivity contribution in [3.63, 3.8) is 0 Å². The third kappa shape index (κ3) is 5.57. The molecule has 5 nitrogen and oxygen atoms in total. The summed E-state index contributed by atoms with van der Waals surface area (Å²) in [5, 5.41) is 12.3. The molecule has 0 saturated carbocycles. The Morgan fingerprint density at radius 1 is 1.36 bits per heavy atom. The Morgan fingerprint density at radius 3 is 2.80 bits per heavy atom. The molecule has 2 heterocycles. The van der Waals surface area contributed by atoms with Crippen LogP contribution < -0.4 is 5.32 Å². The van der Waals surface area contributed by atoms with E-state index in [1.54, 1.807) is 25.3 Å². The fourth-order valence-electron chi connectivity index (χ4n) is 2.14. The van der Waals surface area contributed by atoms with Gasteiger partial charge in [-0.25, -0.2) is 9.97 Å². The first-order valence-electron chi connectivity index (χ1n) is 8.33. The van der Waals surface area contributed by atoms with Crippen LogP contribution in [-0.4, -0.2) is 21.1 Å². The molecule has 0 radical (unpaired) electrons. The van der Waals surface area contributed by atoms with Gasteiger partial charge in [-0.05, 0) is 50.5 Å². The Morgan fingerprint density at radius 2 is 2.16 bits per heavy atom. The zero-order valence-corrected chi connectivity index (χ0v) is 15.6. The van der Waals surface area contributed by atoms with Crippen LogP contribution in [-0.2, 0) is 11.2 Å². The van der Waals surface area contributed by atoms with Gasteiger partial charge in [0.2, 0.25) is 5.91 Å². The molecule has 0 bridgehead atoms. The minimum Gasteiger partial charge on any atom is -0.310 e. The Hall–Kier alpha value is -2.39. The lowest BCUT2D eigenvalue weighted by Gasteiger charge is -2.13. The quantitative estimate of drug-likeness (QED) is 0.757. The summed E-state index contributed by atoms with van der Waals surface area (Å²) in [5.41, 5.74) is 2.49. The van der Waals surface area contributed by atoms with E-state index >= 15 is 0 Å². The largest absolute Gasteiger partial charge is 0.310 e. The highest BCUT2D eigenvalue weighted by atomic mass is 32.2. The molecule has 0 aromatic carbocycles. The number of thioether (sulfide) groups is 1. The number of nitriles is 1. The molecule has 0 aliphatic heterocycles. The third-order valence-electron chi connectivity index (χ3n) is 3.65. The van der Waals surface area contributed by atoms with Crippen molar-refractivity contribution in [2.24, 2.45) is 0 Å². The van der Waals surface area contributed by atoms with Gasteiger partial charge in [-0.1, -0.05) is 31.2 Å². The van der Waals surface area contributed by atoms with Crippen molar-refractivity contribution >= 4 is 23.5 Å². The molecule has 1 atom stereocenters. The lowest BCUT2D eigenvalue weighted by Crippen LogP contribution is -2.23. The van der Waals surface area contributed by atoms with Gasteiger partial charge in [0.05, 0.1) is 10.8 Å². The van der Waals surface area contributed by atoms with E-state index in [0.717, 1.165) is 30.5 Å². The van der Waals surface area contributed by atoms with Gasteiger partial charge in [-0.3, -0.25) is 4.79 Å². The molecule has 0 fully saturated rings. The standard InChI is InChI=1S/C19H22N4OS/c1-4-5-6-16-9-8-15(11-20)19(22-16)25-14(3)18(24)23-17-10-7-13(2)12-21-17/h7-10,12,14H,4-6H2,1-3H3,(H,21,23,24). The van der Waals surface area contributed by atoms with Crippen molar-refractivity contribution in [1.29, 1.82) is 5.26 Å². The van der Waals surface area contributed by atoms with E-state index in [1.165, 1.54) is 11.8 Å². The van der Waals surface area contributed by atoms with Gasteiger partial charge in [0.1, 0.15) is 16.9 Å². The summed E-state index contributed by atoms with van der Waals surface area (Å²) in [5.74, 6) is 0.360. The molecule has 0 spiro atoms. The normalized spacial score (nSPS) is 11.6. The molecule has 1 unspecified atom stereocenters. The fraction of sp³-hybridized carbons (Fsp3) is 0.368. The van der Waals surface area contributed by atoms with Crippen LogP contribution in [0.25, 0.3) is 0 Å². The van der Waals surface area contributed by atoms with Crippen molar-refractivity contribution in [1.82, 2.24) is 9.97 Å². The summed E-state index contributed by atoms with van der Waals surface area (Å²) in [7, 11) is 0. The first kappa shape index (κ1) is 18.9. The number of hydrogen-bond donors (Lipinski definition) is 1. The van der Waals surface area contributed by atoms with Crippen molar-refractivity contribution in [3.05, 3.63) is 47.3 Å². The number of carbonyl (C=O) groups is 1. The highest BCUT2D eigenvalue weighted by Gasteiger charge is 2.18. The molecule has 130 valence electrons. The van der Waals surface area contributed by atoms with Crippen molar-refractivity contribution < 1.29 is 4.79 Å². The van der Waals surface area contributed by atoms with Crippen molar-refractivity contribution in [2.45, 2.75) is 50.3 Å². The molecular weight excluding hydrogens is 332 g/mol. The van der Waals surface area contributed by atoms with Crippen LogP contribution >= 0.6 is 11.8 Å². The average molecular weight is 354 g/mol. The molecule has 1 N–H and O–H groups in total. The van der Waals surface area contributed by atoms with E-state index < -0.39 is 0 Å². The number of pyridine rings is 2. The Kier molecular flexibility index (Phi) is 6.96. The highest BCUT2D eigenvalue weighted by Crippen LogP contribution is 2.26. The number of amides is 1. The SMILES string of the molecule is CCCCc1ccc(C#N)c(SC(C)C(=O)Nc2ccc(C)cn2)n1. The maximum Gasteiger partial charge on any atom is 0.238 e. The van der Waals surface area contributed by atoms with Crippen LogP contribution in [0.1, 0.15) is 43.5 Å². The number of nitrogens with zero attached hydrogens (tertiary/aromatic N) is 3.